The molecule has 2 nitrogen and oxygen atoms in total. The highest BCUT2D eigenvalue weighted by Gasteiger charge is 2.16. The van der Waals surface area contributed by atoms with E-state index < -0.39 is 0 Å². The Hall–Kier alpha value is -3.07. The number of ketones is 1. The lowest BCUT2D eigenvalue weighted by molar-refractivity contribution is 0.103. The van der Waals surface area contributed by atoms with Gasteiger partial charge in [0.2, 0.25) is 5.78 Å². The average Bonchev–Trinajstić information content (AvgIpc) is 2.61. The van der Waals surface area contributed by atoms with E-state index in [1.165, 1.54) is 12.1 Å². The third kappa shape index (κ3) is 2.27. The number of carbonyl (C=O) groups excluding carboxylic acids is 1. The van der Waals surface area contributed by atoms with Crippen molar-refractivity contribution >= 4 is 27.5 Å². The Bertz CT molecular complexity index is 1040. The van der Waals surface area contributed by atoms with E-state index in [1.54, 1.807) is 18.2 Å². The van der Waals surface area contributed by atoms with Gasteiger partial charge in [-0.3, -0.25) is 4.79 Å². The smallest absolute Gasteiger partial charge is 0.212 e. The van der Waals surface area contributed by atoms with Crippen LogP contribution in [0.2, 0.25) is 0 Å². The van der Waals surface area contributed by atoms with Crippen molar-refractivity contribution in [3.05, 3.63) is 89.9 Å². The number of hydrogen-bond acceptors (Lipinski definition) is 2. The number of rotatable bonds is 2. The van der Waals surface area contributed by atoms with Crippen molar-refractivity contribution in [3.8, 4) is 0 Å². The van der Waals surface area contributed by atoms with Crippen LogP contribution in [0.4, 0.5) is 4.39 Å². The fourth-order valence-corrected chi connectivity index (χ4v) is 2.82. The highest BCUT2D eigenvalue weighted by molar-refractivity contribution is 6.19. The van der Waals surface area contributed by atoms with Crippen LogP contribution in [0.25, 0.3) is 21.7 Å². The Morgan fingerprint density at radius 2 is 1.52 bits per heavy atom. The van der Waals surface area contributed by atoms with Crippen molar-refractivity contribution in [2.45, 2.75) is 0 Å². The van der Waals surface area contributed by atoms with Crippen LogP contribution in [0, 0.1) is 5.82 Å². The van der Waals surface area contributed by atoms with Crippen LogP contribution in [0.15, 0.2) is 72.8 Å². The summed E-state index contributed by atoms with van der Waals surface area (Å²) in [6.07, 6.45) is 0. The molecule has 0 amide bonds. The Labute approximate surface area is 132 Å². The SMILES string of the molecule is O=C(c1ccccc1)c1nc2ccccc2c2cc(F)ccc12. The first kappa shape index (κ1) is 13.6. The first-order valence-electron chi connectivity index (χ1n) is 7.32. The number of pyridine rings is 1. The molecule has 1 heterocycles. The van der Waals surface area contributed by atoms with Crippen molar-refractivity contribution in [3.63, 3.8) is 0 Å². The van der Waals surface area contributed by atoms with Crippen LogP contribution < -0.4 is 0 Å². The van der Waals surface area contributed by atoms with Crippen molar-refractivity contribution in [1.29, 1.82) is 0 Å². The molecule has 0 aliphatic rings. The molecule has 23 heavy (non-hydrogen) atoms. The normalized spacial score (nSPS) is 11.0. The third-order valence-corrected chi connectivity index (χ3v) is 3.91. The maximum Gasteiger partial charge on any atom is 0.212 e. The zero-order valence-corrected chi connectivity index (χ0v) is 12.2. The van der Waals surface area contributed by atoms with Crippen molar-refractivity contribution in [2.75, 3.05) is 0 Å². The van der Waals surface area contributed by atoms with Crippen LogP contribution in [0.5, 0.6) is 0 Å². The maximum absolute atomic E-state index is 13.7. The van der Waals surface area contributed by atoms with Gasteiger partial charge in [-0.2, -0.15) is 0 Å². The fourth-order valence-electron chi connectivity index (χ4n) is 2.82. The van der Waals surface area contributed by atoms with E-state index in [1.807, 2.05) is 42.5 Å². The molecule has 0 N–H and O–H groups in total. The summed E-state index contributed by atoms with van der Waals surface area (Å²) in [4.78, 5) is 17.4. The molecular formula is C20H12FNO. The topological polar surface area (TPSA) is 30.0 Å². The summed E-state index contributed by atoms with van der Waals surface area (Å²) in [5, 5.41) is 2.21. The average molecular weight is 301 g/mol. The Morgan fingerprint density at radius 1 is 0.783 bits per heavy atom. The molecule has 0 bridgehead atoms. The van der Waals surface area contributed by atoms with Crippen LogP contribution in [0.3, 0.4) is 0 Å². The second kappa shape index (κ2) is 5.29. The van der Waals surface area contributed by atoms with Gasteiger partial charge in [-0.05, 0) is 29.7 Å². The molecule has 4 aromatic rings. The quantitative estimate of drug-likeness (QED) is 0.395. The number of nitrogens with zero attached hydrogens (tertiary/aromatic N) is 1. The highest BCUT2D eigenvalue weighted by Crippen LogP contribution is 2.28. The third-order valence-electron chi connectivity index (χ3n) is 3.91. The minimum absolute atomic E-state index is 0.159. The zero-order chi connectivity index (χ0) is 15.8. The van der Waals surface area contributed by atoms with Gasteiger partial charge in [-0.25, -0.2) is 9.37 Å². The summed E-state index contributed by atoms with van der Waals surface area (Å²) < 4.78 is 13.7. The van der Waals surface area contributed by atoms with Crippen molar-refractivity contribution in [1.82, 2.24) is 4.98 Å². The van der Waals surface area contributed by atoms with Gasteiger partial charge in [0, 0.05) is 16.3 Å². The Kier molecular flexibility index (Phi) is 3.12. The number of fused-ring (bicyclic) bond motifs is 3. The van der Waals surface area contributed by atoms with Crippen LogP contribution in [-0.4, -0.2) is 10.8 Å². The predicted octanol–water partition coefficient (Wildman–Crippen LogP) is 4.76. The van der Waals surface area contributed by atoms with Gasteiger partial charge in [0.05, 0.1) is 5.52 Å². The molecular weight excluding hydrogens is 289 g/mol. The standard InChI is InChI=1S/C20H12FNO/c21-14-10-11-16-17(12-14)15-8-4-5-9-18(15)22-19(16)20(23)13-6-2-1-3-7-13/h1-12H. The van der Waals surface area contributed by atoms with Crippen molar-refractivity contribution < 1.29 is 9.18 Å². The van der Waals surface area contributed by atoms with E-state index >= 15 is 0 Å². The molecule has 0 radical (unpaired) electrons. The minimum atomic E-state index is -0.327. The van der Waals surface area contributed by atoms with Crippen LogP contribution in [0.1, 0.15) is 16.1 Å². The summed E-state index contributed by atoms with van der Waals surface area (Å²) in [7, 11) is 0. The van der Waals surface area contributed by atoms with Gasteiger partial charge in [0.15, 0.2) is 0 Å². The van der Waals surface area contributed by atoms with E-state index in [0.29, 0.717) is 27.5 Å². The lowest BCUT2D eigenvalue weighted by Gasteiger charge is -2.09. The number of aromatic nitrogens is 1. The van der Waals surface area contributed by atoms with E-state index in [9.17, 15) is 9.18 Å². The van der Waals surface area contributed by atoms with Gasteiger partial charge in [0.1, 0.15) is 11.5 Å². The molecule has 110 valence electrons. The monoisotopic (exact) mass is 301 g/mol. The Balaban J connectivity index is 2.07. The van der Waals surface area contributed by atoms with Crippen LogP contribution in [-0.2, 0) is 0 Å². The maximum atomic E-state index is 13.7. The molecule has 0 saturated heterocycles. The van der Waals surface area contributed by atoms with Gasteiger partial charge >= 0.3 is 0 Å². The number of carbonyl (C=O) groups is 1. The zero-order valence-electron chi connectivity index (χ0n) is 12.2. The molecule has 0 fully saturated rings. The van der Waals surface area contributed by atoms with Crippen molar-refractivity contribution in [2.24, 2.45) is 0 Å². The molecule has 0 spiro atoms. The molecule has 3 aromatic carbocycles. The summed E-state index contributed by atoms with van der Waals surface area (Å²) in [5.74, 6) is -0.486. The molecule has 0 aliphatic heterocycles. The van der Waals surface area contributed by atoms with Crippen LogP contribution >= 0.6 is 0 Å². The summed E-state index contributed by atoms with van der Waals surface area (Å²) in [6.45, 7) is 0. The van der Waals surface area contributed by atoms with E-state index in [4.69, 9.17) is 0 Å². The number of para-hydroxylation sites is 1. The lowest BCUT2D eigenvalue weighted by Crippen LogP contribution is -2.05. The second-order valence-corrected chi connectivity index (χ2v) is 5.36. The summed E-state index contributed by atoms with van der Waals surface area (Å²) in [6, 6.07) is 20.9. The number of benzene rings is 3. The first-order valence-corrected chi connectivity index (χ1v) is 7.32. The second-order valence-electron chi connectivity index (χ2n) is 5.36. The molecule has 4 rings (SSSR count). The number of hydrogen-bond donors (Lipinski definition) is 0. The van der Waals surface area contributed by atoms with Gasteiger partial charge in [-0.1, -0.05) is 48.5 Å². The Morgan fingerprint density at radius 3 is 2.35 bits per heavy atom. The lowest BCUT2D eigenvalue weighted by atomic mass is 9.99. The van der Waals surface area contributed by atoms with E-state index in [-0.39, 0.29) is 11.6 Å². The first-order chi connectivity index (χ1) is 11.2. The summed E-state index contributed by atoms with van der Waals surface area (Å²) in [5.41, 5.74) is 1.61. The highest BCUT2D eigenvalue weighted by atomic mass is 19.1. The fraction of sp³-hybridized carbons (Fsp3) is 0. The van der Waals surface area contributed by atoms with E-state index in [2.05, 4.69) is 4.98 Å². The van der Waals surface area contributed by atoms with Gasteiger partial charge in [0.25, 0.3) is 0 Å². The molecule has 0 unspecified atom stereocenters. The van der Waals surface area contributed by atoms with Gasteiger partial charge < -0.3 is 0 Å². The minimum Gasteiger partial charge on any atom is -0.287 e. The van der Waals surface area contributed by atoms with Gasteiger partial charge in [-0.15, -0.1) is 0 Å². The molecule has 0 atom stereocenters. The molecule has 3 heteroatoms. The molecule has 0 saturated carbocycles. The summed E-state index contributed by atoms with van der Waals surface area (Å²) >= 11 is 0. The van der Waals surface area contributed by atoms with E-state index in [0.717, 1.165) is 5.39 Å². The molecule has 1 aromatic heterocycles. The molecule has 0 aliphatic carbocycles. The largest absolute Gasteiger partial charge is 0.287 e. The number of halogens is 1. The predicted molar refractivity (Wildman–Crippen MR) is 89.1 cm³/mol.